The van der Waals surface area contributed by atoms with Crippen LogP contribution in [0.25, 0.3) is 10.2 Å². The Bertz CT molecular complexity index is 946. The zero-order valence-electron chi connectivity index (χ0n) is 14.6. The fraction of sp³-hybridized carbons (Fsp3) is 0.316. The van der Waals surface area contributed by atoms with E-state index in [0.29, 0.717) is 5.39 Å². The van der Waals surface area contributed by atoms with Crippen molar-refractivity contribution in [1.29, 1.82) is 0 Å². The molecule has 0 aliphatic carbocycles. The molecule has 5 nitrogen and oxygen atoms in total. The number of carbonyl (C=O) groups is 1. The molecular weight excluding hydrogens is 334 g/mol. The van der Waals surface area contributed by atoms with E-state index < -0.39 is 0 Å². The summed E-state index contributed by atoms with van der Waals surface area (Å²) in [5.41, 5.74) is 0.903. The third-order valence-electron chi connectivity index (χ3n) is 4.48. The predicted molar refractivity (Wildman–Crippen MR) is 101 cm³/mol. The van der Waals surface area contributed by atoms with E-state index in [2.05, 4.69) is 4.98 Å². The quantitative estimate of drug-likeness (QED) is 0.706. The number of likely N-dealkylation sites (N-methyl/N-ethyl adjacent to an activating group) is 1. The molecule has 0 spiro atoms. The van der Waals surface area contributed by atoms with Crippen molar-refractivity contribution >= 4 is 27.5 Å². The first kappa shape index (κ1) is 17.4. The van der Waals surface area contributed by atoms with Crippen molar-refractivity contribution in [3.05, 3.63) is 63.5 Å². The second kappa shape index (κ2) is 7.19. The highest BCUT2D eigenvalue weighted by Crippen LogP contribution is 2.21. The minimum absolute atomic E-state index is 0.00719. The van der Waals surface area contributed by atoms with Crippen LogP contribution in [0.1, 0.15) is 30.3 Å². The predicted octanol–water partition coefficient (Wildman–Crippen LogP) is 3.24. The van der Waals surface area contributed by atoms with Gasteiger partial charge in [0.2, 0.25) is 5.91 Å². The Morgan fingerprint density at radius 2 is 2.04 bits per heavy atom. The molecule has 1 aromatic carbocycles. The SMILES string of the molecule is CCc1cc2c(=O)n(CC(=O)N(C)C(C)c3ccccc3)cnc2s1. The molecule has 0 saturated heterocycles. The highest BCUT2D eigenvalue weighted by atomic mass is 32.1. The number of aryl methyl sites for hydroxylation is 1. The van der Waals surface area contributed by atoms with Crippen molar-refractivity contribution in [1.82, 2.24) is 14.5 Å². The van der Waals surface area contributed by atoms with Crippen molar-refractivity contribution in [3.63, 3.8) is 0 Å². The Morgan fingerprint density at radius 3 is 2.72 bits per heavy atom. The minimum Gasteiger partial charge on any atom is -0.337 e. The molecule has 0 N–H and O–H groups in total. The number of hydrogen-bond donors (Lipinski definition) is 0. The summed E-state index contributed by atoms with van der Waals surface area (Å²) in [5, 5.41) is 0.593. The molecule has 130 valence electrons. The van der Waals surface area contributed by atoms with Crippen LogP contribution in [0, 0.1) is 0 Å². The van der Waals surface area contributed by atoms with Crippen LogP contribution in [-0.4, -0.2) is 27.4 Å². The third kappa shape index (κ3) is 3.49. The fourth-order valence-corrected chi connectivity index (χ4v) is 3.65. The number of rotatable bonds is 5. The van der Waals surface area contributed by atoms with Crippen molar-refractivity contribution in [2.24, 2.45) is 0 Å². The largest absolute Gasteiger partial charge is 0.337 e. The number of aromatic nitrogens is 2. The van der Waals surface area contributed by atoms with Gasteiger partial charge in [-0.05, 0) is 25.0 Å². The van der Waals surface area contributed by atoms with Gasteiger partial charge in [-0.15, -0.1) is 11.3 Å². The first-order valence-electron chi connectivity index (χ1n) is 8.29. The first-order valence-corrected chi connectivity index (χ1v) is 9.11. The number of fused-ring (bicyclic) bond motifs is 1. The van der Waals surface area contributed by atoms with Crippen LogP contribution in [0.4, 0.5) is 0 Å². The zero-order valence-corrected chi connectivity index (χ0v) is 15.4. The van der Waals surface area contributed by atoms with Gasteiger partial charge in [0.25, 0.3) is 5.56 Å². The first-order chi connectivity index (χ1) is 12.0. The molecule has 1 amide bonds. The molecule has 2 heterocycles. The van der Waals surface area contributed by atoms with E-state index in [-0.39, 0.29) is 24.1 Å². The van der Waals surface area contributed by atoms with Crippen LogP contribution in [0.15, 0.2) is 47.5 Å². The van der Waals surface area contributed by atoms with Crippen LogP contribution < -0.4 is 5.56 Å². The summed E-state index contributed by atoms with van der Waals surface area (Å²) in [4.78, 5) is 33.1. The molecule has 6 heteroatoms. The standard InChI is InChI=1S/C19H21N3O2S/c1-4-15-10-16-18(25-15)20-12-22(19(16)24)11-17(23)21(3)13(2)14-8-6-5-7-9-14/h5-10,12-13H,4,11H2,1-3H3. The second-order valence-corrected chi connectivity index (χ2v) is 7.17. The normalized spacial score (nSPS) is 12.3. The van der Waals surface area contributed by atoms with Gasteiger partial charge < -0.3 is 4.90 Å². The van der Waals surface area contributed by atoms with Gasteiger partial charge in [0.1, 0.15) is 11.4 Å². The van der Waals surface area contributed by atoms with Gasteiger partial charge in [0.15, 0.2) is 0 Å². The Morgan fingerprint density at radius 1 is 1.32 bits per heavy atom. The average molecular weight is 355 g/mol. The number of amides is 1. The zero-order chi connectivity index (χ0) is 18.0. The van der Waals surface area contributed by atoms with Crippen molar-refractivity contribution in [2.45, 2.75) is 32.9 Å². The molecule has 0 aliphatic heterocycles. The van der Waals surface area contributed by atoms with Gasteiger partial charge in [0, 0.05) is 11.9 Å². The lowest BCUT2D eigenvalue weighted by Crippen LogP contribution is -2.35. The lowest BCUT2D eigenvalue weighted by molar-refractivity contribution is -0.132. The van der Waals surface area contributed by atoms with Gasteiger partial charge in [-0.3, -0.25) is 14.2 Å². The van der Waals surface area contributed by atoms with E-state index in [0.717, 1.165) is 21.7 Å². The summed E-state index contributed by atoms with van der Waals surface area (Å²) in [6.45, 7) is 4.02. The van der Waals surface area contributed by atoms with Gasteiger partial charge in [-0.2, -0.15) is 0 Å². The maximum absolute atomic E-state index is 12.6. The topological polar surface area (TPSA) is 55.2 Å². The lowest BCUT2D eigenvalue weighted by Gasteiger charge is -2.25. The van der Waals surface area contributed by atoms with Crippen LogP contribution in [-0.2, 0) is 17.8 Å². The van der Waals surface area contributed by atoms with Crippen LogP contribution in [0.5, 0.6) is 0 Å². The Balaban J connectivity index is 1.82. The summed E-state index contributed by atoms with van der Waals surface area (Å²) in [6.07, 6.45) is 2.34. The maximum Gasteiger partial charge on any atom is 0.262 e. The van der Waals surface area contributed by atoms with E-state index >= 15 is 0 Å². The molecule has 3 rings (SSSR count). The Kier molecular flexibility index (Phi) is 4.99. The fourth-order valence-electron chi connectivity index (χ4n) is 2.72. The van der Waals surface area contributed by atoms with Crippen molar-refractivity contribution in [3.8, 4) is 0 Å². The molecule has 25 heavy (non-hydrogen) atoms. The van der Waals surface area contributed by atoms with E-state index in [4.69, 9.17) is 0 Å². The summed E-state index contributed by atoms with van der Waals surface area (Å²) in [5.74, 6) is -0.120. The van der Waals surface area contributed by atoms with E-state index in [1.165, 1.54) is 22.2 Å². The molecule has 1 unspecified atom stereocenters. The summed E-state index contributed by atoms with van der Waals surface area (Å²) in [6, 6.07) is 11.7. The molecule has 3 aromatic rings. The van der Waals surface area contributed by atoms with Gasteiger partial charge in [-0.25, -0.2) is 4.98 Å². The number of nitrogens with zero attached hydrogens (tertiary/aromatic N) is 3. The average Bonchev–Trinajstić information content (AvgIpc) is 3.07. The highest BCUT2D eigenvalue weighted by Gasteiger charge is 2.18. The second-order valence-electron chi connectivity index (χ2n) is 6.05. The van der Waals surface area contributed by atoms with Crippen LogP contribution >= 0.6 is 11.3 Å². The summed E-state index contributed by atoms with van der Waals surface area (Å²) < 4.78 is 1.39. The molecule has 0 saturated carbocycles. The Hall–Kier alpha value is -2.47. The molecule has 0 fully saturated rings. The van der Waals surface area contributed by atoms with Crippen LogP contribution in [0.2, 0.25) is 0 Å². The number of carbonyl (C=O) groups excluding carboxylic acids is 1. The van der Waals surface area contributed by atoms with Gasteiger partial charge in [-0.1, -0.05) is 37.3 Å². The van der Waals surface area contributed by atoms with E-state index in [9.17, 15) is 9.59 Å². The monoisotopic (exact) mass is 355 g/mol. The highest BCUT2D eigenvalue weighted by molar-refractivity contribution is 7.18. The number of hydrogen-bond acceptors (Lipinski definition) is 4. The smallest absolute Gasteiger partial charge is 0.262 e. The van der Waals surface area contributed by atoms with Crippen LogP contribution in [0.3, 0.4) is 0 Å². The maximum atomic E-state index is 12.6. The number of thiophene rings is 1. The van der Waals surface area contributed by atoms with Crippen molar-refractivity contribution in [2.75, 3.05) is 7.05 Å². The molecule has 1 atom stereocenters. The summed E-state index contributed by atoms with van der Waals surface area (Å²) in [7, 11) is 1.76. The van der Waals surface area contributed by atoms with Gasteiger partial charge >= 0.3 is 0 Å². The van der Waals surface area contributed by atoms with E-state index in [1.807, 2.05) is 50.2 Å². The van der Waals surface area contributed by atoms with Gasteiger partial charge in [0.05, 0.1) is 17.8 Å². The molecule has 2 aromatic heterocycles. The molecule has 0 radical (unpaired) electrons. The molecule has 0 aliphatic rings. The minimum atomic E-state index is -0.157. The summed E-state index contributed by atoms with van der Waals surface area (Å²) >= 11 is 1.53. The lowest BCUT2D eigenvalue weighted by atomic mass is 10.1. The van der Waals surface area contributed by atoms with E-state index in [1.54, 1.807) is 11.9 Å². The molecule has 0 bridgehead atoms. The van der Waals surface area contributed by atoms with Crippen molar-refractivity contribution < 1.29 is 4.79 Å². The third-order valence-corrected chi connectivity index (χ3v) is 5.67. The Labute approximate surface area is 150 Å². The number of benzene rings is 1. The molecular formula is C19H21N3O2S.